The van der Waals surface area contributed by atoms with Crippen LogP contribution in [-0.4, -0.2) is 11.8 Å². The molecule has 11 heteroatoms. The summed E-state index contributed by atoms with van der Waals surface area (Å²) in [6, 6.07) is -0.711. The number of benzene rings is 1. The minimum atomic E-state index is -6.77. The van der Waals surface area contributed by atoms with Crippen LogP contribution in [0.3, 0.4) is 0 Å². The largest absolute Gasteiger partial charge is 0.383 e. The first-order valence-corrected chi connectivity index (χ1v) is 4.91. The molecule has 0 aromatic heterocycles. The van der Waals surface area contributed by atoms with Crippen LogP contribution in [-0.2, 0) is 11.8 Å². The summed E-state index contributed by atoms with van der Waals surface area (Å²) >= 11 is 0. The Labute approximate surface area is 108 Å². The molecule has 1 aliphatic rings. The zero-order chi connectivity index (χ0) is 16.6. The second-order valence-corrected chi connectivity index (χ2v) is 4.20. The number of hydrogen-bond donors (Lipinski definition) is 0. The Morgan fingerprint density at radius 1 is 0.571 bits per heavy atom. The smallest absolute Gasteiger partial charge is 0.206 e. The molecule has 1 aromatic rings. The quantitative estimate of drug-likeness (QED) is 0.483. The molecule has 0 saturated heterocycles. The van der Waals surface area contributed by atoms with Gasteiger partial charge in [-0.2, -0.15) is 35.1 Å². The van der Waals surface area contributed by atoms with E-state index in [2.05, 4.69) is 0 Å². The molecule has 2 rings (SSSR count). The maximum atomic E-state index is 13.3. The molecule has 0 aliphatic heterocycles. The van der Waals surface area contributed by atoms with E-state index in [-0.39, 0.29) is 0 Å². The molecule has 1 aliphatic carbocycles. The fourth-order valence-electron chi connectivity index (χ4n) is 1.91. The summed E-state index contributed by atoms with van der Waals surface area (Å²) in [5.41, 5.74) is -6.12. The van der Waals surface area contributed by atoms with Crippen LogP contribution in [0.15, 0.2) is 6.07 Å². The highest BCUT2D eigenvalue weighted by molar-refractivity contribution is 5.44. The van der Waals surface area contributed by atoms with Gasteiger partial charge in [0, 0.05) is 6.07 Å². The maximum Gasteiger partial charge on any atom is 0.383 e. The lowest BCUT2D eigenvalue weighted by Crippen LogP contribution is -2.64. The number of rotatable bonds is 0. The molecule has 0 spiro atoms. The zero-order valence-electron chi connectivity index (χ0n) is 9.23. The molecule has 0 bridgehead atoms. The standard InChI is InChI=1S/C10HF11/c11-2-1-3(12)6(13)5-4(2)7(14,15)9(18,19)10(20,21)8(5,16)17/h1H. The highest BCUT2D eigenvalue weighted by Gasteiger charge is 2.86. The third kappa shape index (κ3) is 1.51. The van der Waals surface area contributed by atoms with Gasteiger partial charge in [0.25, 0.3) is 0 Å². The highest BCUT2D eigenvalue weighted by Crippen LogP contribution is 2.65. The van der Waals surface area contributed by atoms with Crippen molar-refractivity contribution >= 4 is 0 Å². The van der Waals surface area contributed by atoms with Crippen LogP contribution < -0.4 is 0 Å². The Kier molecular flexibility index (Phi) is 2.86. The monoisotopic (exact) mass is 330 g/mol. The summed E-state index contributed by atoms with van der Waals surface area (Å²) in [5, 5.41) is 0. The lowest BCUT2D eigenvalue weighted by Gasteiger charge is -2.42. The highest BCUT2D eigenvalue weighted by atomic mass is 19.4. The molecular formula is C10HF11. The van der Waals surface area contributed by atoms with Crippen molar-refractivity contribution in [2.24, 2.45) is 0 Å². The van der Waals surface area contributed by atoms with E-state index in [0.29, 0.717) is 0 Å². The van der Waals surface area contributed by atoms with Crippen molar-refractivity contribution in [2.75, 3.05) is 0 Å². The van der Waals surface area contributed by atoms with Crippen molar-refractivity contribution in [2.45, 2.75) is 23.7 Å². The molecule has 0 unspecified atom stereocenters. The van der Waals surface area contributed by atoms with Crippen LogP contribution in [0, 0.1) is 17.5 Å². The predicted octanol–water partition coefficient (Wildman–Crippen LogP) is 4.57. The first kappa shape index (κ1) is 15.8. The fourth-order valence-corrected chi connectivity index (χ4v) is 1.91. The molecule has 0 nitrogen and oxygen atoms in total. The fraction of sp³-hybridized carbons (Fsp3) is 0.400. The lowest BCUT2D eigenvalue weighted by molar-refractivity contribution is -0.387. The number of alkyl halides is 8. The Bertz CT molecular complexity index is 616. The third-order valence-electron chi connectivity index (χ3n) is 2.98. The molecule has 118 valence electrons. The number of fused-ring (bicyclic) bond motifs is 1. The topological polar surface area (TPSA) is 0 Å². The van der Waals surface area contributed by atoms with Gasteiger partial charge in [0.2, 0.25) is 0 Å². The van der Waals surface area contributed by atoms with Gasteiger partial charge in [-0.3, -0.25) is 0 Å². The van der Waals surface area contributed by atoms with Crippen molar-refractivity contribution in [3.8, 4) is 0 Å². The second-order valence-electron chi connectivity index (χ2n) is 4.20. The molecule has 1 aromatic carbocycles. The predicted molar refractivity (Wildman–Crippen MR) is 44.0 cm³/mol. The van der Waals surface area contributed by atoms with E-state index in [9.17, 15) is 48.3 Å². The van der Waals surface area contributed by atoms with Gasteiger partial charge < -0.3 is 0 Å². The van der Waals surface area contributed by atoms with Gasteiger partial charge in [-0.15, -0.1) is 0 Å². The first-order chi connectivity index (χ1) is 9.21. The minimum absolute atomic E-state index is 0.711. The molecule has 21 heavy (non-hydrogen) atoms. The average molecular weight is 330 g/mol. The van der Waals surface area contributed by atoms with Gasteiger partial charge in [-0.25, -0.2) is 13.2 Å². The summed E-state index contributed by atoms with van der Waals surface area (Å²) in [6.45, 7) is 0. The van der Waals surface area contributed by atoms with E-state index in [0.717, 1.165) is 0 Å². The molecule has 0 radical (unpaired) electrons. The normalized spacial score (nSPS) is 24.5. The lowest BCUT2D eigenvalue weighted by atomic mass is 9.79. The third-order valence-corrected chi connectivity index (χ3v) is 2.98. The Hall–Kier alpha value is -1.55. The van der Waals surface area contributed by atoms with E-state index in [4.69, 9.17) is 0 Å². The van der Waals surface area contributed by atoms with Gasteiger partial charge in [0.15, 0.2) is 11.6 Å². The van der Waals surface area contributed by atoms with Crippen molar-refractivity contribution in [3.05, 3.63) is 34.6 Å². The van der Waals surface area contributed by atoms with Crippen molar-refractivity contribution < 1.29 is 48.3 Å². The summed E-state index contributed by atoms with van der Waals surface area (Å²) < 4.78 is 144. The van der Waals surface area contributed by atoms with Crippen LogP contribution in [0.2, 0.25) is 0 Å². The van der Waals surface area contributed by atoms with Crippen LogP contribution in [0.25, 0.3) is 0 Å². The van der Waals surface area contributed by atoms with Crippen LogP contribution in [0.4, 0.5) is 48.3 Å². The van der Waals surface area contributed by atoms with E-state index >= 15 is 0 Å². The van der Waals surface area contributed by atoms with E-state index in [1.165, 1.54) is 0 Å². The van der Waals surface area contributed by atoms with Crippen LogP contribution >= 0.6 is 0 Å². The maximum absolute atomic E-state index is 13.3. The molecule has 0 fully saturated rings. The van der Waals surface area contributed by atoms with Gasteiger partial charge in [-0.05, 0) is 0 Å². The summed E-state index contributed by atoms with van der Waals surface area (Å²) in [4.78, 5) is 0. The molecular weight excluding hydrogens is 329 g/mol. The molecule has 0 N–H and O–H groups in total. The van der Waals surface area contributed by atoms with Gasteiger partial charge in [0.05, 0.1) is 11.1 Å². The number of hydrogen-bond acceptors (Lipinski definition) is 0. The SMILES string of the molecule is Fc1cc(F)c2c(c1F)C(F)(F)C(F)(F)C(F)(F)C2(F)F. The van der Waals surface area contributed by atoms with Gasteiger partial charge >= 0.3 is 23.7 Å². The van der Waals surface area contributed by atoms with Crippen molar-refractivity contribution in [3.63, 3.8) is 0 Å². The molecule has 0 amide bonds. The summed E-state index contributed by atoms with van der Waals surface area (Å²) in [6.07, 6.45) is 0. The van der Waals surface area contributed by atoms with Crippen LogP contribution in [0.1, 0.15) is 11.1 Å². The van der Waals surface area contributed by atoms with E-state index in [1.54, 1.807) is 0 Å². The van der Waals surface area contributed by atoms with Gasteiger partial charge in [-0.1, -0.05) is 0 Å². The second kappa shape index (κ2) is 3.80. The van der Waals surface area contributed by atoms with Crippen molar-refractivity contribution in [1.29, 1.82) is 0 Å². The zero-order valence-corrected chi connectivity index (χ0v) is 9.23. The molecule has 0 atom stereocenters. The van der Waals surface area contributed by atoms with Gasteiger partial charge in [0.1, 0.15) is 5.82 Å². The molecule has 0 saturated carbocycles. The average Bonchev–Trinajstić information content (AvgIpc) is 2.30. The van der Waals surface area contributed by atoms with E-state index in [1.807, 2.05) is 0 Å². The summed E-state index contributed by atoms with van der Waals surface area (Å²) in [5.74, 6) is -34.1. The minimum Gasteiger partial charge on any atom is -0.206 e. The van der Waals surface area contributed by atoms with E-state index < -0.39 is 58.3 Å². The van der Waals surface area contributed by atoms with Crippen molar-refractivity contribution in [1.82, 2.24) is 0 Å². The Balaban J connectivity index is 3.05. The van der Waals surface area contributed by atoms with Crippen LogP contribution in [0.5, 0.6) is 0 Å². The Morgan fingerprint density at radius 3 is 1.38 bits per heavy atom. The number of halogens is 11. The summed E-state index contributed by atoms with van der Waals surface area (Å²) in [7, 11) is 0. The first-order valence-electron chi connectivity index (χ1n) is 4.91. The molecule has 0 heterocycles. The Morgan fingerprint density at radius 2 is 0.952 bits per heavy atom.